The molecule has 0 aliphatic heterocycles. The molecule has 0 atom stereocenters. The number of hydrogen-bond acceptors (Lipinski definition) is 1. The number of carbonyl (C=O) groups is 1. The van der Waals surface area contributed by atoms with E-state index in [9.17, 15) is 9.18 Å². The standard InChI is InChI=1S/C21H21FN2O/c1-24(17-4-2-3-5-17)21(25)18-8-6-15(13-19(18)22)14-7-9-20-16(12-14)10-11-23-20/h6-13,17,23H,2-5H2,1H3. The molecule has 4 rings (SSSR count). The van der Waals surface area contributed by atoms with Crippen LogP contribution >= 0.6 is 0 Å². The molecular weight excluding hydrogens is 315 g/mol. The van der Waals surface area contributed by atoms with Gasteiger partial charge in [0.25, 0.3) is 5.91 Å². The van der Waals surface area contributed by atoms with Crippen LogP contribution in [0, 0.1) is 5.82 Å². The molecule has 1 heterocycles. The van der Waals surface area contributed by atoms with Gasteiger partial charge >= 0.3 is 0 Å². The highest BCUT2D eigenvalue weighted by Crippen LogP contribution is 2.28. The number of aromatic nitrogens is 1. The van der Waals surface area contributed by atoms with Gasteiger partial charge in [0.2, 0.25) is 0 Å². The number of hydrogen-bond donors (Lipinski definition) is 1. The van der Waals surface area contributed by atoms with Crippen LogP contribution in [0.2, 0.25) is 0 Å². The molecule has 1 aliphatic rings. The first-order chi connectivity index (χ1) is 12.1. The van der Waals surface area contributed by atoms with E-state index in [0.717, 1.165) is 47.7 Å². The van der Waals surface area contributed by atoms with Gasteiger partial charge in [-0.3, -0.25) is 4.79 Å². The normalized spacial score (nSPS) is 15.0. The third-order valence-corrected chi connectivity index (χ3v) is 5.28. The van der Waals surface area contributed by atoms with Crippen LogP contribution in [0.25, 0.3) is 22.0 Å². The van der Waals surface area contributed by atoms with E-state index in [0.29, 0.717) is 0 Å². The topological polar surface area (TPSA) is 36.1 Å². The van der Waals surface area contributed by atoms with Crippen molar-refractivity contribution in [2.24, 2.45) is 0 Å². The highest BCUT2D eigenvalue weighted by atomic mass is 19.1. The van der Waals surface area contributed by atoms with Crippen LogP contribution in [-0.4, -0.2) is 28.9 Å². The smallest absolute Gasteiger partial charge is 0.256 e. The number of rotatable bonds is 3. The quantitative estimate of drug-likeness (QED) is 0.719. The van der Waals surface area contributed by atoms with Crippen molar-refractivity contribution in [2.45, 2.75) is 31.7 Å². The lowest BCUT2D eigenvalue weighted by Gasteiger charge is -2.24. The number of fused-ring (bicyclic) bond motifs is 1. The van der Waals surface area contributed by atoms with Crippen molar-refractivity contribution < 1.29 is 9.18 Å². The molecule has 0 unspecified atom stereocenters. The van der Waals surface area contributed by atoms with E-state index in [-0.39, 0.29) is 17.5 Å². The minimum Gasteiger partial charge on any atom is -0.361 e. The number of nitrogens with one attached hydrogen (secondary N) is 1. The molecule has 3 aromatic rings. The van der Waals surface area contributed by atoms with Crippen molar-refractivity contribution >= 4 is 16.8 Å². The van der Waals surface area contributed by atoms with Crippen LogP contribution in [-0.2, 0) is 0 Å². The maximum absolute atomic E-state index is 14.6. The molecule has 1 saturated carbocycles. The van der Waals surface area contributed by atoms with E-state index >= 15 is 0 Å². The Labute approximate surface area is 146 Å². The molecule has 0 bridgehead atoms. The van der Waals surface area contributed by atoms with E-state index in [2.05, 4.69) is 4.98 Å². The van der Waals surface area contributed by atoms with Gasteiger partial charge < -0.3 is 9.88 Å². The van der Waals surface area contributed by atoms with Crippen LogP contribution in [0.1, 0.15) is 36.0 Å². The molecule has 1 aliphatic carbocycles. The summed E-state index contributed by atoms with van der Waals surface area (Å²) < 4.78 is 14.6. The van der Waals surface area contributed by atoms with Crippen molar-refractivity contribution in [3.05, 3.63) is 60.0 Å². The van der Waals surface area contributed by atoms with E-state index in [1.165, 1.54) is 6.07 Å². The lowest BCUT2D eigenvalue weighted by atomic mass is 10.0. The Hall–Kier alpha value is -2.62. The van der Waals surface area contributed by atoms with Crippen LogP contribution in [0.4, 0.5) is 4.39 Å². The van der Waals surface area contributed by atoms with Gasteiger partial charge in [-0.2, -0.15) is 0 Å². The number of benzene rings is 2. The second-order valence-electron chi connectivity index (χ2n) is 6.83. The summed E-state index contributed by atoms with van der Waals surface area (Å²) in [4.78, 5) is 17.5. The van der Waals surface area contributed by atoms with Gasteiger partial charge in [-0.1, -0.05) is 25.0 Å². The Morgan fingerprint density at radius 3 is 2.56 bits per heavy atom. The van der Waals surface area contributed by atoms with Gasteiger partial charge in [0, 0.05) is 24.8 Å². The third kappa shape index (κ3) is 2.93. The van der Waals surface area contributed by atoms with Crippen LogP contribution in [0.3, 0.4) is 0 Å². The molecule has 1 aromatic heterocycles. The fourth-order valence-corrected chi connectivity index (χ4v) is 3.75. The van der Waals surface area contributed by atoms with Crippen LogP contribution < -0.4 is 0 Å². The summed E-state index contributed by atoms with van der Waals surface area (Å²) in [6.07, 6.45) is 6.20. The summed E-state index contributed by atoms with van der Waals surface area (Å²) in [5.74, 6) is -0.682. The molecule has 2 aromatic carbocycles. The number of nitrogens with zero attached hydrogens (tertiary/aromatic N) is 1. The SMILES string of the molecule is CN(C(=O)c1ccc(-c2ccc3[nH]ccc3c2)cc1F)C1CCCC1. The zero-order valence-corrected chi connectivity index (χ0v) is 14.3. The molecule has 4 heteroatoms. The Morgan fingerprint density at radius 1 is 1.08 bits per heavy atom. The van der Waals surface area contributed by atoms with Crippen molar-refractivity contribution in [2.75, 3.05) is 7.05 Å². The zero-order chi connectivity index (χ0) is 17.4. The lowest BCUT2D eigenvalue weighted by Crippen LogP contribution is -2.35. The summed E-state index contributed by atoms with van der Waals surface area (Å²) in [6.45, 7) is 0. The zero-order valence-electron chi connectivity index (χ0n) is 14.3. The lowest BCUT2D eigenvalue weighted by molar-refractivity contribution is 0.0730. The Bertz CT molecular complexity index is 925. The average molecular weight is 336 g/mol. The van der Waals surface area contributed by atoms with Gasteiger partial charge in [0.15, 0.2) is 0 Å². The van der Waals surface area contributed by atoms with E-state index in [1.807, 2.05) is 36.5 Å². The fraction of sp³-hybridized carbons (Fsp3) is 0.286. The summed E-state index contributed by atoms with van der Waals surface area (Å²) in [5.41, 5.74) is 2.92. The molecule has 0 spiro atoms. The van der Waals surface area contributed by atoms with E-state index in [1.54, 1.807) is 18.0 Å². The largest absolute Gasteiger partial charge is 0.361 e. The van der Waals surface area contributed by atoms with Gasteiger partial charge in [-0.05, 0) is 59.7 Å². The van der Waals surface area contributed by atoms with Crippen LogP contribution in [0.15, 0.2) is 48.7 Å². The summed E-state index contributed by atoms with van der Waals surface area (Å²) in [6, 6.07) is 13.1. The molecule has 0 radical (unpaired) electrons. The second-order valence-corrected chi connectivity index (χ2v) is 6.83. The van der Waals surface area contributed by atoms with Crippen molar-refractivity contribution in [3.63, 3.8) is 0 Å². The summed E-state index contributed by atoms with van der Waals surface area (Å²) in [7, 11) is 1.78. The Morgan fingerprint density at radius 2 is 1.80 bits per heavy atom. The molecule has 1 amide bonds. The van der Waals surface area contributed by atoms with Gasteiger partial charge in [0.05, 0.1) is 5.56 Å². The van der Waals surface area contributed by atoms with E-state index < -0.39 is 5.82 Å². The monoisotopic (exact) mass is 336 g/mol. The number of aromatic amines is 1. The second kappa shape index (κ2) is 6.36. The minimum atomic E-state index is -0.457. The number of halogens is 1. The molecule has 0 saturated heterocycles. The molecular formula is C21H21FN2O. The van der Waals surface area contributed by atoms with Gasteiger partial charge in [0.1, 0.15) is 5.82 Å². The molecule has 128 valence electrons. The average Bonchev–Trinajstić information content (AvgIpc) is 3.31. The first-order valence-corrected chi connectivity index (χ1v) is 8.78. The van der Waals surface area contributed by atoms with Crippen molar-refractivity contribution in [1.82, 2.24) is 9.88 Å². The maximum atomic E-state index is 14.6. The van der Waals surface area contributed by atoms with Crippen molar-refractivity contribution in [1.29, 1.82) is 0 Å². The predicted molar refractivity (Wildman–Crippen MR) is 98.0 cm³/mol. The minimum absolute atomic E-state index is 0.154. The first-order valence-electron chi connectivity index (χ1n) is 8.78. The van der Waals surface area contributed by atoms with E-state index in [4.69, 9.17) is 0 Å². The molecule has 3 nitrogen and oxygen atoms in total. The number of carbonyl (C=O) groups excluding carboxylic acids is 1. The van der Waals surface area contributed by atoms with Crippen molar-refractivity contribution in [3.8, 4) is 11.1 Å². The van der Waals surface area contributed by atoms with Gasteiger partial charge in [-0.25, -0.2) is 4.39 Å². The number of H-pyrrole nitrogens is 1. The highest BCUT2D eigenvalue weighted by Gasteiger charge is 2.25. The summed E-state index contributed by atoms with van der Waals surface area (Å²) in [5, 5.41) is 1.08. The molecule has 1 fully saturated rings. The van der Waals surface area contributed by atoms with Gasteiger partial charge in [-0.15, -0.1) is 0 Å². The summed E-state index contributed by atoms with van der Waals surface area (Å²) >= 11 is 0. The predicted octanol–water partition coefficient (Wildman–Crippen LogP) is 4.99. The third-order valence-electron chi connectivity index (χ3n) is 5.28. The fourth-order valence-electron chi connectivity index (χ4n) is 3.75. The first kappa shape index (κ1) is 15.9. The highest BCUT2D eigenvalue weighted by molar-refractivity contribution is 5.95. The molecule has 1 N–H and O–H groups in total. The molecule has 25 heavy (non-hydrogen) atoms. The maximum Gasteiger partial charge on any atom is 0.256 e. The number of amides is 1. The Kier molecular flexibility index (Phi) is 4.04. The Balaban J connectivity index is 1.62. The van der Waals surface area contributed by atoms with Crippen LogP contribution in [0.5, 0.6) is 0 Å².